The van der Waals surface area contributed by atoms with Crippen LogP contribution in [0.25, 0.3) is 10.8 Å². The number of phenolic OH excluding ortho intramolecular Hbond substituents is 2. The molecule has 2 aromatic rings. The van der Waals surface area contributed by atoms with Crippen LogP contribution in [-0.4, -0.2) is 16.3 Å². The van der Waals surface area contributed by atoms with Crippen molar-refractivity contribution >= 4 is 10.8 Å². The third kappa shape index (κ3) is 2.09. The summed E-state index contributed by atoms with van der Waals surface area (Å²) in [4.78, 5) is 0. The maximum Gasteiger partial charge on any atom is 0.158 e. The SMILES string of the molecule is CC(N)Cc1ccc2cc(O)c(O)cc2c1. The van der Waals surface area contributed by atoms with Crippen LogP contribution < -0.4 is 5.73 Å². The second-order valence-electron chi connectivity index (χ2n) is 4.20. The topological polar surface area (TPSA) is 66.5 Å². The fourth-order valence-electron chi connectivity index (χ4n) is 1.82. The molecule has 0 aromatic heterocycles. The lowest BCUT2D eigenvalue weighted by molar-refractivity contribution is 0.405. The Balaban J connectivity index is 2.49. The average molecular weight is 217 g/mol. The zero-order valence-corrected chi connectivity index (χ0v) is 9.14. The molecule has 0 aliphatic carbocycles. The van der Waals surface area contributed by atoms with Crippen molar-refractivity contribution in [3.05, 3.63) is 35.9 Å². The first kappa shape index (κ1) is 10.8. The predicted molar refractivity (Wildman–Crippen MR) is 64.6 cm³/mol. The molecule has 2 rings (SSSR count). The van der Waals surface area contributed by atoms with Crippen molar-refractivity contribution in [2.75, 3.05) is 0 Å². The number of nitrogens with two attached hydrogens (primary N) is 1. The maximum absolute atomic E-state index is 9.42. The zero-order valence-electron chi connectivity index (χ0n) is 9.14. The van der Waals surface area contributed by atoms with E-state index in [1.165, 1.54) is 0 Å². The highest BCUT2D eigenvalue weighted by atomic mass is 16.3. The first-order valence-corrected chi connectivity index (χ1v) is 5.26. The van der Waals surface area contributed by atoms with E-state index >= 15 is 0 Å². The quantitative estimate of drug-likeness (QED) is 0.675. The normalized spacial score (nSPS) is 12.9. The molecule has 0 spiro atoms. The summed E-state index contributed by atoms with van der Waals surface area (Å²) in [6.45, 7) is 1.96. The molecule has 1 atom stereocenters. The van der Waals surface area contributed by atoms with Gasteiger partial charge in [0.2, 0.25) is 0 Å². The molecular formula is C13H15NO2. The van der Waals surface area contributed by atoms with Gasteiger partial charge in [0.25, 0.3) is 0 Å². The van der Waals surface area contributed by atoms with Crippen molar-refractivity contribution in [1.29, 1.82) is 0 Å². The molecule has 3 heteroatoms. The molecule has 4 N–H and O–H groups in total. The van der Waals surface area contributed by atoms with Gasteiger partial charge in [0.15, 0.2) is 11.5 Å². The molecular weight excluding hydrogens is 202 g/mol. The minimum Gasteiger partial charge on any atom is -0.504 e. The average Bonchev–Trinajstić information content (AvgIpc) is 2.19. The van der Waals surface area contributed by atoms with Crippen LogP contribution in [0.4, 0.5) is 0 Å². The number of hydrogen-bond donors (Lipinski definition) is 3. The van der Waals surface area contributed by atoms with Crippen LogP contribution in [0.2, 0.25) is 0 Å². The van der Waals surface area contributed by atoms with Crippen molar-refractivity contribution < 1.29 is 10.2 Å². The van der Waals surface area contributed by atoms with Gasteiger partial charge in [-0.15, -0.1) is 0 Å². The molecule has 0 bridgehead atoms. The van der Waals surface area contributed by atoms with Crippen LogP contribution in [0.3, 0.4) is 0 Å². The van der Waals surface area contributed by atoms with Crippen LogP contribution in [-0.2, 0) is 6.42 Å². The maximum atomic E-state index is 9.42. The second-order valence-corrected chi connectivity index (χ2v) is 4.20. The molecule has 2 aromatic carbocycles. The molecule has 0 saturated heterocycles. The van der Waals surface area contributed by atoms with E-state index in [4.69, 9.17) is 5.73 Å². The van der Waals surface area contributed by atoms with Gasteiger partial charge in [0.05, 0.1) is 0 Å². The third-order valence-corrected chi connectivity index (χ3v) is 2.56. The van der Waals surface area contributed by atoms with E-state index in [9.17, 15) is 10.2 Å². The summed E-state index contributed by atoms with van der Waals surface area (Å²) >= 11 is 0. The van der Waals surface area contributed by atoms with Crippen molar-refractivity contribution in [1.82, 2.24) is 0 Å². The van der Waals surface area contributed by atoms with E-state index in [1.54, 1.807) is 12.1 Å². The summed E-state index contributed by atoms with van der Waals surface area (Å²) in [7, 11) is 0. The van der Waals surface area contributed by atoms with Gasteiger partial charge in [-0.3, -0.25) is 0 Å². The smallest absolute Gasteiger partial charge is 0.158 e. The first-order valence-electron chi connectivity index (χ1n) is 5.26. The Hall–Kier alpha value is -1.74. The highest BCUT2D eigenvalue weighted by Gasteiger charge is 2.04. The van der Waals surface area contributed by atoms with E-state index < -0.39 is 0 Å². The lowest BCUT2D eigenvalue weighted by Gasteiger charge is -2.07. The molecule has 1 unspecified atom stereocenters. The monoisotopic (exact) mass is 217 g/mol. The van der Waals surface area contributed by atoms with Gasteiger partial charge >= 0.3 is 0 Å². The summed E-state index contributed by atoms with van der Waals surface area (Å²) in [6.07, 6.45) is 0.803. The van der Waals surface area contributed by atoms with Gasteiger partial charge in [-0.05, 0) is 41.8 Å². The lowest BCUT2D eigenvalue weighted by atomic mass is 10.0. The Morgan fingerprint density at radius 3 is 2.31 bits per heavy atom. The number of rotatable bonds is 2. The number of aromatic hydroxyl groups is 2. The van der Waals surface area contributed by atoms with Crippen LogP contribution in [0.15, 0.2) is 30.3 Å². The van der Waals surface area contributed by atoms with E-state index in [-0.39, 0.29) is 17.5 Å². The van der Waals surface area contributed by atoms with Crippen molar-refractivity contribution in [3.63, 3.8) is 0 Å². The van der Waals surface area contributed by atoms with Crippen molar-refractivity contribution in [3.8, 4) is 11.5 Å². The fourth-order valence-corrected chi connectivity index (χ4v) is 1.82. The van der Waals surface area contributed by atoms with Gasteiger partial charge < -0.3 is 15.9 Å². The summed E-state index contributed by atoms with van der Waals surface area (Å²) in [5.74, 6) is -0.183. The Labute approximate surface area is 94.1 Å². The standard InChI is InChI=1S/C13H15NO2/c1-8(14)4-9-2-3-10-6-12(15)13(16)7-11(10)5-9/h2-3,5-8,15-16H,4,14H2,1H3. The van der Waals surface area contributed by atoms with E-state index in [0.29, 0.717) is 0 Å². The number of benzene rings is 2. The largest absolute Gasteiger partial charge is 0.504 e. The highest BCUT2D eigenvalue weighted by molar-refractivity contribution is 5.86. The predicted octanol–water partition coefficient (Wildman–Crippen LogP) is 2.14. The van der Waals surface area contributed by atoms with Gasteiger partial charge in [-0.1, -0.05) is 18.2 Å². The van der Waals surface area contributed by atoms with Crippen LogP contribution in [0.1, 0.15) is 12.5 Å². The van der Waals surface area contributed by atoms with Crippen LogP contribution in [0.5, 0.6) is 11.5 Å². The van der Waals surface area contributed by atoms with E-state index in [2.05, 4.69) is 0 Å². The fraction of sp³-hybridized carbons (Fsp3) is 0.231. The molecule has 0 radical (unpaired) electrons. The minimum absolute atomic E-state index is 0.0903. The number of fused-ring (bicyclic) bond motifs is 1. The lowest BCUT2D eigenvalue weighted by Crippen LogP contribution is -2.17. The zero-order chi connectivity index (χ0) is 11.7. The molecule has 0 aliphatic rings. The summed E-state index contributed by atoms with van der Waals surface area (Å²) in [5, 5.41) is 20.6. The van der Waals surface area contributed by atoms with Gasteiger partial charge in [0.1, 0.15) is 0 Å². The Bertz CT molecular complexity index is 521. The van der Waals surface area contributed by atoms with Gasteiger partial charge in [-0.25, -0.2) is 0 Å². The molecule has 0 aliphatic heterocycles. The molecule has 84 valence electrons. The van der Waals surface area contributed by atoms with E-state index in [1.807, 2.05) is 25.1 Å². The molecule has 3 nitrogen and oxygen atoms in total. The minimum atomic E-state index is -0.0922. The Morgan fingerprint density at radius 2 is 1.69 bits per heavy atom. The van der Waals surface area contributed by atoms with Crippen LogP contribution >= 0.6 is 0 Å². The third-order valence-electron chi connectivity index (χ3n) is 2.56. The van der Waals surface area contributed by atoms with E-state index in [0.717, 1.165) is 22.8 Å². The summed E-state index contributed by atoms with van der Waals surface area (Å²) < 4.78 is 0. The van der Waals surface area contributed by atoms with Crippen molar-refractivity contribution in [2.24, 2.45) is 5.73 Å². The van der Waals surface area contributed by atoms with Crippen LogP contribution in [0, 0.1) is 0 Å². The summed E-state index contributed by atoms with van der Waals surface area (Å²) in [6, 6.07) is 9.13. The Morgan fingerprint density at radius 1 is 1.06 bits per heavy atom. The van der Waals surface area contributed by atoms with Crippen molar-refractivity contribution in [2.45, 2.75) is 19.4 Å². The molecule has 16 heavy (non-hydrogen) atoms. The second kappa shape index (κ2) is 4.02. The molecule has 0 saturated carbocycles. The first-order chi connectivity index (χ1) is 7.56. The summed E-state index contributed by atoms with van der Waals surface area (Å²) in [5.41, 5.74) is 6.87. The number of phenols is 2. The number of hydrogen-bond acceptors (Lipinski definition) is 3. The molecule has 0 amide bonds. The van der Waals surface area contributed by atoms with Gasteiger partial charge in [0, 0.05) is 6.04 Å². The Kier molecular flexibility index (Phi) is 2.71. The van der Waals surface area contributed by atoms with Gasteiger partial charge in [-0.2, -0.15) is 0 Å². The molecule has 0 heterocycles. The molecule has 0 fully saturated rings. The highest BCUT2D eigenvalue weighted by Crippen LogP contribution is 2.30.